The fourth-order valence-electron chi connectivity index (χ4n) is 1.59. The molecule has 3 heteroatoms. The summed E-state index contributed by atoms with van der Waals surface area (Å²) in [6.45, 7) is 7.00. The first-order valence-electron chi connectivity index (χ1n) is 5.63. The summed E-state index contributed by atoms with van der Waals surface area (Å²) >= 11 is 1.68. The van der Waals surface area contributed by atoms with Gasteiger partial charge in [-0.05, 0) is 18.1 Å². The van der Waals surface area contributed by atoms with E-state index >= 15 is 0 Å². The van der Waals surface area contributed by atoms with Crippen LogP contribution in [0.1, 0.15) is 23.5 Å². The highest BCUT2D eigenvalue weighted by Crippen LogP contribution is 2.16. The second kappa shape index (κ2) is 5.75. The lowest BCUT2D eigenvalue weighted by Crippen LogP contribution is -2.20. The molecule has 1 unspecified atom stereocenters. The van der Waals surface area contributed by atoms with Crippen molar-refractivity contribution in [2.45, 2.75) is 13.0 Å². The lowest BCUT2D eigenvalue weighted by molar-refractivity contribution is 0.618. The largest absolute Gasteiger partial charge is 0.304 e. The van der Waals surface area contributed by atoms with E-state index in [9.17, 15) is 0 Å². The molecular weight excluding hydrogens is 228 g/mol. The summed E-state index contributed by atoms with van der Waals surface area (Å²) in [6.07, 6.45) is 1.84. The Bertz CT molecular complexity index is 462. The molecule has 1 heterocycles. The summed E-state index contributed by atoms with van der Waals surface area (Å²) in [5.74, 6) is 0. The minimum Gasteiger partial charge on any atom is -0.304 e. The lowest BCUT2D eigenvalue weighted by Gasteiger charge is -2.12. The zero-order valence-electron chi connectivity index (χ0n) is 9.89. The predicted octanol–water partition coefficient (Wildman–Crippen LogP) is 3.51. The van der Waals surface area contributed by atoms with Gasteiger partial charge >= 0.3 is 0 Å². The third kappa shape index (κ3) is 3.25. The number of rotatable bonds is 5. The van der Waals surface area contributed by atoms with Gasteiger partial charge in [0.05, 0.1) is 6.04 Å². The van der Waals surface area contributed by atoms with Crippen molar-refractivity contribution < 1.29 is 0 Å². The smallest absolute Gasteiger partial charge is 0.109 e. The van der Waals surface area contributed by atoms with E-state index in [1.54, 1.807) is 11.3 Å². The Morgan fingerprint density at radius 1 is 1.41 bits per heavy atom. The first kappa shape index (κ1) is 12.0. The maximum Gasteiger partial charge on any atom is 0.109 e. The van der Waals surface area contributed by atoms with E-state index in [0.29, 0.717) is 0 Å². The first-order valence-corrected chi connectivity index (χ1v) is 6.51. The second-order valence-electron chi connectivity index (χ2n) is 3.94. The zero-order valence-corrected chi connectivity index (χ0v) is 10.7. The topological polar surface area (TPSA) is 24.9 Å². The Balaban J connectivity index is 1.89. The van der Waals surface area contributed by atoms with Crippen LogP contribution in [0.3, 0.4) is 0 Å². The van der Waals surface area contributed by atoms with Gasteiger partial charge in [0.25, 0.3) is 0 Å². The number of hydrogen-bond acceptors (Lipinski definition) is 3. The highest BCUT2D eigenvalue weighted by atomic mass is 32.1. The molecule has 88 valence electrons. The van der Waals surface area contributed by atoms with Crippen molar-refractivity contribution in [2.24, 2.45) is 0 Å². The van der Waals surface area contributed by atoms with E-state index in [1.807, 2.05) is 29.8 Å². The monoisotopic (exact) mass is 244 g/mol. The van der Waals surface area contributed by atoms with Gasteiger partial charge in [0.15, 0.2) is 0 Å². The Labute approximate surface area is 106 Å². The molecule has 0 saturated carbocycles. The van der Waals surface area contributed by atoms with Crippen LogP contribution in [0.5, 0.6) is 0 Å². The minimum absolute atomic E-state index is 0.274. The lowest BCUT2D eigenvalue weighted by atomic mass is 10.1. The number of benzene rings is 1. The molecule has 0 fully saturated rings. The molecule has 1 aromatic heterocycles. The molecule has 2 aromatic rings. The summed E-state index contributed by atoms with van der Waals surface area (Å²) in [4.78, 5) is 4.29. The van der Waals surface area contributed by atoms with E-state index in [2.05, 4.69) is 35.9 Å². The first-order chi connectivity index (χ1) is 8.27. The van der Waals surface area contributed by atoms with Crippen LogP contribution >= 0.6 is 11.3 Å². The van der Waals surface area contributed by atoms with Crippen molar-refractivity contribution >= 4 is 16.9 Å². The molecule has 1 atom stereocenters. The molecule has 0 saturated heterocycles. The van der Waals surface area contributed by atoms with Gasteiger partial charge in [0.2, 0.25) is 0 Å². The van der Waals surface area contributed by atoms with E-state index in [4.69, 9.17) is 0 Å². The van der Waals surface area contributed by atoms with E-state index in [-0.39, 0.29) is 6.04 Å². The molecule has 0 aliphatic heterocycles. The van der Waals surface area contributed by atoms with Crippen LogP contribution in [0.25, 0.3) is 5.57 Å². The second-order valence-corrected chi connectivity index (χ2v) is 4.87. The summed E-state index contributed by atoms with van der Waals surface area (Å²) < 4.78 is 0. The van der Waals surface area contributed by atoms with Gasteiger partial charge in [0, 0.05) is 18.1 Å². The van der Waals surface area contributed by atoms with E-state index < -0.39 is 0 Å². The number of hydrogen-bond donors (Lipinski definition) is 1. The average Bonchev–Trinajstić information content (AvgIpc) is 2.90. The van der Waals surface area contributed by atoms with Crippen molar-refractivity contribution in [3.8, 4) is 0 Å². The molecule has 0 amide bonds. The third-order valence-corrected chi connectivity index (χ3v) is 3.58. The SMILES string of the molecule is C=C(CNC(C)c1nccs1)c1ccccc1. The molecule has 0 radical (unpaired) electrons. The van der Waals surface area contributed by atoms with Crippen LogP contribution in [0, 0.1) is 0 Å². The van der Waals surface area contributed by atoms with Crippen molar-refractivity contribution in [1.29, 1.82) is 0 Å². The zero-order chi connectivity index (χ0) is 12.1. The van der Waals surface area contributed by atoms with Crippen molar-refractivity contribution in [3.63, 3.8) is 0 Å². The molecule has 0 aliphatic rings. The van der Waals surface area contributed by atoms with Crippen LogP contribution in [0.2, 0.25) is 0 Å². The normalized spacial score (nSPS) is 12.3. The van der Waals surface area contributed by atoms with Gasteiger partial charge in [-0.15, -0.1) is 11.3 Å². The predicted molar refractivity (Wildman–Crippen MR) is 74.0 cm³/mol. The van der Waals surface area contributed by atoms with Gasteiger partial charge < -0.3 is 5.32 Å². The number of thiazole rings is 1. The molecule has 1 aromatic carbocycles. The van der Waals surface area contributed by atoms with Crippen LogP contribution in [0.4, 0.5) is 0 Å². The number of nitrogens with one attached hydrogen (secondary N) is 1. The summed E-state index contributed by atoms with van der Waals surface area (Å²) in [5.41, 5.74) is 2.29. The van der Waals surface area contributed by atoms with Gasteiger partial charge in [-0.25, -0.2) is 4.98 Å². The van der Waals surface area contributed by atoms with Crippen LogP contribution in [-0.2, 0) is 0 Å². The Morgan fingerprint density at radius 3 is 2.82 bits per heavy atom. The van der Waals surface area contributed by atoms with Crippen molar-refractivity contribution in [3.05, 3.63) is 59.1 Å². The molecule has 2 rings (SSSR count). The van der Waals surface area contributed by atoms with Gasteiger partial charge in [-0.3, -0.25) is 0 Å². The summed E-state index contributed by atoms with van der Waals surface area (Å²) in [6, 6.07) is 10.5. The van der Waals surface area contributed by atoms with Gasteiger partial charge in [-0.2, -0.15) is 0 Å². The van der Waals surface area contributed by atoms with Crippen LogP contribution < -0.4 is 5.32 Å². The summed E-state index contributed by atoms with van der Waals surface area (Å²) in [5, 5.41) is 6.55. The fraction of sp³-hybridized carbons (Fsp3) is 0.214. The molecular formula is C14H16N2S. The minimum atomic E-state index is 0.274. The Kier molecular flexibility index (Phi) is 4.07. The highest BCUT2D eigenvalue weighted by molar-refractivity contribution is 7.09. The van der Waals surface area contributed by atoms with Crippen LogP contribution in [0.15, 0.2) is 48.5 Å². The molecule has 1 N–H and O–H groups in total. The number of aromatic nitrogens is 1. The average molecular weight is 244 g/mol. The van der Waals surface area contributed by atoms with Crippen LogP contribution in [-0.4, -0.2) is 11.5 Å². The number of nitrogens with zero attached hydrogens (tertiary/aromatic N) is 1. The van der Waals surface area contributed by atoms with Crippen molar-refractivity contribution in [2.75, 3.05) is 6.54 Å². The van der Waals surface area contributed by atoms with Crippen molar-refractivity contribution in [1.82, 2.24) is 10.3 Å². The van der Waals surface area contributed by atoms with Gasteiger partial charge in [0.1, 0.15) is 5.01 Å². The fourth-order valence-corrected chi connectivity index (χ4v) is 2.26. The van der Waals surface area contributed by atoms with E-state index in [1.165, 1.54) is 5.56 Å². The molecule has 17 heavy (non-hydrogen) atoms. The molecule has 0 spiro atoms. The van der Waals surface area contributed by atoms with Gasteiger partial charge in [-0.1, -0.05) is 36.9 Å². The quantitative estimate of drug-likeness (QED) is 0.870. The van der Waals surface area contributed by atoms with E-state index in [0.717, 1.165) is 17.1 Å². The molecule has 0 aliphatic carbocycles. The maximum absolute atomic E-state index is 4.29. The summed E-state index contributed by atoms with van der Waals surface area (Å²) in [7, 11) is 0. The standard InChI is InChI=1S/C14H16N2S/c1-11(13-6-4-3-5-7-13)10-16-12(2)14-15-8-9-17-14/h3-9,12,16H,1,10H2,2H3. The Hall–Kier alpha value is -1.45. The Morgan fingerprint density at radius 2 is 2.18 bits per heavy atom. The molecule has 0 bridgehead atoms. The highest BCUT2D eigenvalue weighted by Gasteiger charge is 2.07. The third-order valence-electron chi connectivity index (χ3n) is 2.63. The molecule has 2 nitrogen and oxygen atoms in total. The maximum atomic E-state index is 4.29.